The van der Waals surface area contributed by atoms with E-state index in [-0.39, 0.29) is 22.9 Å². The molecule has 35 heavy (non-hydrogen) atoms. The van der Waals surface area contributed by atoms with Gasteiger partial charge in [0.2, 0.25) is 20.0 Å². The fourth-order valence-corrected chi connectivity index (χ4v) is 5.80. The molecule has 0 spiro atoms. The first-order valence-electron chi connectivity index (χ1n) is 10.9. The zero-order chi connectivity index (χ0) is 26.1. The van der Waals surface area contributed by atoms with Crippen LogP contribution >= 0.6 is 0 Å². The largest absolute Gasteiger partial charge is 0.338 e. The first-order chi connectivity index (χ1) is 16.3. The molecular formula is C24H31FN4O4S2. The number of halogens is 1. The number of nitrogens with two attached hydrogens (primary N) is 1. The van der Waals surface area contributed by atoms with Crippen molar-refractivity contribution in [2.45, 2.75) is 29.7 Å². The van der Waals surface area contributed by atoms with E-state index in [1.807, 2.05) is 13.0 Å². The molecule has 0 amide bonds. The van der Waals surface area contributed by atoms with Gasteiger partial charge in [-0.2, -0.15) is 0 Å². The lowest BCUT2D eigenvalue weighted by atomic mass is 10.0. The molecule has 11 heteroatoms. The van der Waals surface area contributed by atoms with Crippen molar-refractivity contribution in [3.63, 3.8) is 0 Å². The number of fused-ring (bicyclic) bond motifs is 1. The summed E-state index contributed by atoms with van der Waals surface area (Å²) in [6, 6.07) is 11.4. The Bertz CT molecular complexity index is 1490. The van der Waals surface area contributed by atoms with Gasteiger partial charge in [0.1, 0.15) is 5.83 Å². The Hall–Kier alpha value is -2.57. The van der Waals surface area contributed by atoms with Crippen molar-refractivity contribution in [3.05, 3.63) is 71.2 Å². The Kier molecular flexibility index (Phi) is 7.87. The number of sulfonamides is 2. The quantitative estimate of drug-likeness (QED) is 0.465. The van der Waals surface area contributed by atoms with Gasteiger partial charge in [-0.05, 0) is 60.9 Å². The summed E-state index contributed by atoms with van der Waals surface area (Å²) < 4.78 is 69.3. The molecule has 0 saturated heterocycles. The van der Waals surface area contributed by atoms with Gasteiger partial charge in [0, 0.05) is 51.3 Å². The molecule has 0 unspecified atom stereocenters. The monoisotopic (exact) mass is 522 g/mol. The summed E-state index contributed by atoms with van der Waals surface area (Å²) in [5.74, 6) is -0.400. The second-order valence-corrected chi connectivity index (χ2v) is 12.9. The average Bonchev–Trinajstić information content (AvgIpc) is 3.04. The normalized spacial score (nSPS) is 13.3. The van der Waals surface area contributed by atoms with E-state index in [0.29, 0.717) is 17.3 Å². The van der Waals surface area contributed by atoms with Crippen molar-refractivity contribution in [1.82, 2.24) is 13.2 Å². The topological polar surface area (TPSA) is 106 Å². The number of rotatable bonds is 9. The number of allylic oxidation sites excluding steroid dienone is 1. The van der Waals surface area contributed by atoms with Crippen LogP contribution in [0.1, 0.15) is 16.8 Å². The van der Waals surface area contributed by atoms with Crippen LogP contribution in [0.2, 0.25) is 0 Å². The second-order valence-electron chi connectivity index (χ2n) is 8.61. The molecule has 2 N–H and O–H groups in total. The minimum absolute atomic E-state index is 0.0473. The summed E-state index contributed by atoms with van der Waals surface area (Å²) in [6.07, 6.45) is 1.63. The second kappa shape index (κ2) is 10.2. The maximum atomic E-state index is 14.5. The van der Waals surface area contributed by atoms with Crippen LogP contribution in [-0.2, 0) is 33.0 Å². The smallest absolute Gasteiger partial charge is 0.242 e. The number of hydrogen-bond donors (Lipinski definition) is 1. The summed E-state index contributed by atoms with van der Waals surface area (Å²) in [6.45, 7) is 1.86. The predicted molar refractivity (Wildman–Crippen MR) is 136 cm³/mol. The third-order valence-electron chi connectivity index (χ3n) is 5.91. The van der Waals surface area contributed by atoms with Gasteiger partial charge in [-0.1, -0.05) is 12.1 Å². The lowest BCUT2D eigenvalue weighted by Gasteiger charge is -2.13. The van der Waals surface area contributed by atoms with E-state index in [1.54, 1.807) is 28.8 Å². The highest BCUT2D eigenvalue weighted by Crippen LogP contribution is 2.32. The summed E-state index contributed by atoms with van der Waals surface area (Å²) in [4.78, 5) is 0.282. The number of benzene rings is 2. The summed E-state index contributed by atoms with van der Waals surface area (Å²) in [5, 5.41) is 0.659. The van der Waals surface area contributed by atoms with Crippen molar-refractivity contribution in [1.29, 1.82) is 0 Å². The molecule has 1 aromatic heterocycles. The van der Waals surface area contributed by atoms with Crippen LogP contribution in [0.5, 0.6) is 0 Å². The molecule has 0 bridgehead atoms. The molecule has 0 atom stereocenters. The van der Waals surface area contributed by atoms with E-state index in [0.717, 1.165) is 25.4 Å². The molecule has 1 heterocycles. The van der Waals surface area contributed by atoms with Gasteiger partial charge >= 0.3 is 0 Å². The summed E-state index contributed by atoms with van der Waals surface area (Å²) in [7, 11) is -1.46. The van der Waals surface area contributed by atoms with E-state index in [2.05, 4.69) is 0 Å². The molecule has 3 rings (SSSR count). The van der Waals surface area contributed by atoms with Crippen LogP contribution in [0.15, 0.2) is 64.2 Å². The molecule has 190 valence electrons. The Morgan fingerprint density at radius 2 is 1.57 bits per heavy atom. The van der Waals surface area contributed by atoms with Crippen molar-refractivity contribution in [2.75, 3.05) is 34.7 Å². The summed E-state index contributed by atoms with van der Waals surface area (Å²) in [5.41, 5.74) is 8.40. The maximum Gasteiger partial charge on any atom is 0.242 e. The van der Waals surface area contributed by atoms with E-state index in [9.17, 15) is 21.2 Å². The molecule has 0 radical (unpaired) electrons. The van der Waals surface area contributed by atoms with Gasteiger partial charge in [0.15, 0.2) is 0 Å². The van der Waals surface area contributed by atoms with Gasteiger partial charge < -0.3 is 10.3 Å². The average molecular weight is 523 g/mol. The SMILES string of the molecule is Cc1c(Cc2cccc(S(=O)(=O)N(C)C)c2)c2cc(S(=O)(=O)N(C)C)ccc2n1CC(F)=CCN. The standard InChI is InChI=1S/C24H31FN4O4S2/c1-17-22(14-18-7-6-8-20(13-18)34(30,31)27(2)3)23-15-21(35(32,33)28(4)5)9-10-24(23)29(17)16-19(25)11-12-26/h6-11,13,15H,12,14,16,26H2,1-5H3. The lowest BCUT2D eigenvalue weighted by molar-refractivity contribution is 0.519. The highest BCUT2D eigenvalue weighted by atomic mass is 32.2. The molecule has 0 fully saturated rings. The zero-order valence-corrected chi connectivity index (χ0v) is 22.1. The Labute approximate surface area is 206 Å². The Morgan fingerprint density at radius 1 is 0.971 bits per heavy atom. The van der Waals surface area contributed by atoms with E-state index >= 15 is 0 Å². The van der Waals surface area contributed by atoms with Crippen LogP contribution in [0, 0.1) is 6.92 Å². The van der Waals surface area contributed by atoms with E-state index in [1.165, 1.54) is 46.4 Å². The third-order valence-corrected chi connectivity index (χ3v) is 9.53. The molecule has 8 nitrogen and oxygen atoms in total. The fraction of sp³-hybridized carbons (Fsp3) is 0.333. The minimum Gasteiger partial charge on any atom is -0.338 e. The molecular weight excluding hydrogens is 491 g/mol. The molecule has 0 aliphatic rings. The van der Waals surface area contributed by atoms with Crippen molar-refractivity contribution < 1.29 is 21.2 Å². The third kappa shape index (κ3) is 5.34. The van der Waals surface area contributed by atoms with Crippen LogP contribution in [-0.4, -0.2) is 64.7 Å². The van der Waals surface area contributed by atoms with Crippen LogP contribution in [0.3, 0.4) is 0 Å². The molecule has 2 aromatic carbocycles. The van der Waals surface area contributed by atoms with Gasteiger partial charge in [-0.3, -0.25) is 0 Å². The minimum atomic E-state index is -3.69. The molecule has 3 aromatic rings. The molecule has 0 aliphatic carbocycles. The first-order valence-corrected chi connectivity index (χ1v) is 13.8. The molecule has 0 saturated carbocycles. The fourth-order valence-electron chi connectivity index (χ4n) is 3.90. The van der Waals surface area contributed by atoms with Crippen molar-refractivity contribution in [2.24, 2.45) is 5.73 Å². The lowest BCUT2D eigenvalue weighted by Crippen LogP contribution is -2.22. The first kappa shape index (κ1) is 27.0. The van der Waals surface area contributed by atoms with Gasteiger partial charge in [0.25, 0.3) is 0 Å². The summed E-state index contributed by atoms with van der Waals surface area (Å²) >= 11 is 0. The van der Waals surface area contributed by atoms with Crippen LogP contribution < -0.4 is 5.73 Å². The number of nitrogens with zero attached hydrogens (tertiary/aromatic N) is 3. The maximum absolute atomic E-state index is 14.5. The predicted octanol–water partition coefficient (Wildman–Crippen LogP) is 2.85. The van der Waals surface area contributed by atoms with E-state index in [4.69, 9.17) is 5.73 Å². The van der Waals surface area contributed by atoms with Gasteiger partial charge in [-0.15, -0.1) is 0 Å². The zero-order valence-electron chi connectivity index (χ0n) is 20.5. The highest BCUT2D eigenvalue weighted by molar-refractivity contribution is 7.89. The van der Waals surface area contributed by atoms with Gasteiger partial charge in [-0.25, -0.2) is 29.8 Å². The van der Waals surface area contributed by atoms with E-state index < -0.39 is 25.9 Å². The van der Waals surface area contributed by atoms with Crippen LogP contribution in [0.4, 0.5) is 4.39 Å². The highest BCUT2D eigenvalue weighted by Gasteiger charge is 2.22. The Balaban J connectivity index is 2.22. The number of hydrogen-bond acceptors (Lipinski definition) is 5. The van der Waals surface area contributed by atoms with Crippen molar-refractivity contribution >= 4 is 30.9 Å². The van der Waals surface area contributed by atoms with Crippen molar-refractivity contribution in [3.8, 4) is 0 Å². The molecule has 0 aliphatic heterocycles. The van der Waals surface area contributed by atoms with Gasteiger partial charge in [0.05, 0.1) is 16.3 Å². The van der Waals surface area contributed by atoms with Crippen LogP contribution in [0.25, 0.3) is 10.9 Å². The number of aromatic nitrogens is 1. The Morgan fingerprint density at radius 3 is 2.14 bits per heavy atom.